The van der Waals surface area contributed by atoms with Crippen molar-refractivity contribution in [2.24, 2.45) is 11.6 Å². The van der Waals surface area contributed by atoms with Crippen molar-refractivity contribution in [3.05, 3.63) is 0 Å². The van der Waals surface area contributed by atoms with Gasteiger partial charge in [0.05, 0.1) is 0 Å². The molecule has 7 heavy (non-hydrogen) atoms. The van der Waals surface area contributed by atoms with Crippen LogP contribution in [0.1, 0.15) is 6.42 Å². The summed E-state index contributed by atoms with van der Waals surface area (Å²) in [5, 5.41) is 1.75. The van der Waals surface area contributed by atoms with Crippen molar-refractivity contribution < 1.29 is 0 Å². The van der Waals surface area contributed by atoms with Gasteiger partial charge in [-0.2, -0.15) is 0 Å². The molecule has 1 atom stereocenters. The zero-order valence-electron chi connectivity index (χ0n) is 4.30. The highest BCUT2D eigenvalue weighted by Gasteiger charge is 2.14. The first-order valence-electron chi connectivity index (χ1n) is 2.54. The molecule has 0 unspecified atom stereocenters. The molecule has 3 heteroatoms. The van der Waals surface area contributed by atoms with Crippen LogP contribution >= 0.6 is 0 Å². The van der Waals surface area contributed by atoms with Crippen molar-refractivity contribution in [2.75, 3.05) is 13.1 Å². The molecular formula is C4H11N3. The zero-order valence-corrected chi connectivity index (χ0v) is 4.30. The molecule has 42 valence electrons. The molecule has 0 radical (unpaired) electrons. The van der Waals surface area contributed by atoms with Crippen LogP contribution in [0.15, 0.2) is 0 Å². The molecule has 1 aliphatic rings. The summed E-state index contributed by atoms with van der Waals surface area (Å²) in [7, 11) is 0. The second-order valence-electron chi connectivity index (χ2n) is 2.04. The summed E-state index contributed by atoms with van der Waals surface area (Å²) in [5.74, 6) is 5.38. The van der Waals surface area contributed by atoms with E-state index < -0.39 is 0 Å². The minimum Gasteiger partial charge on any atom is -0.326 e. The fourth-order valence-corrected chi connectivity index (χ4v) is 0.815. The standard InChI is InChI=1S/C4H11N3/c5-4-1-2-7(6)3-4/h4H,1-3,5-6H2/t4-/m1/s1. The highest BCUT2D eigenvalue weighted by molar-refractivity contribution is 4.73. The van der Waals surface area contributed by atoms with E-state index in [9.17, 15) is 0 Å². The fourth-order valence-electron chi connectivity index (χ4n) is 0.815. The third kappa shape index (κ3) is 1.12. The monoisotopic (exact) mass is 101 g/mol. The molecular weight excluding hydrogens is 90.1 g/mol. The van der Waals surface area contributed by atoms with Crippen LogP contribution in [-0.4, -0.2) is 24.1 Å². The predicted molar refractivity (Wildman–Crippen MR) is 28.4 cm³/mol. The topological polar surface area (TPSA) is 55.3 Å². The quantitative estimate of drug-likeness (QED) is 0.380. The van der Waals surface area contributed by atoms with Gasteiger partial charge >= 0.3 is 0 Å². The summed E-state index contributed by atoms with van der Waals surface area (Å²) in [6, 6.07) is 0.324. The van der Waals surface area contributed by atoms with Crippen molar-refractivity contribution in [1.29, 1.82) is 0 Å². The lowest BCUT2D eigenvalue weighted by Gasteiger charge is -2.03. The maximum Gasteiger partial charge on any atom is 0.0281 e. The Morgan fingerprint density at radius 1 is 1.57 bits per heavy atom. The molecule has 1 fully saturated rings. The van der Waals surface area contributed by atoms with Crippen molar-refractivity contribution in [3.8, 4) is 0 Å². The van der Waals surface area contributed by atoms with Crippen LogP contribution in [0.25, 0.3) is 0 Å². The van der Waals surface area contributed by atoms with E-state index in [1.54, 1.807) is 5.01 Å². The summed E-state index contributed by atoms with van der Waals surface area (Å²) < 4.78 is 0. The Morgan fingerprint density at radius 3 is 2.43 bits per heavy atom. The fraction of sp³-hybridized carbons (Fsp3) is 1.00. The Bertz CT molecular complexity index is 56.0. The minimum atomic E-state index is 0.324. The van der Waals surface area contributed by atoms with Crippen LogP contribution < -0.4 is 11.6 Å². The van der Waals surface area contributed by atoms with Crippen LogP contribution in [0.2, 0.25) is 0 Å². The maximum absolute atomic E-state index is 5.50. The van der Waals surface area contributed by atoms with E-state index in [0.29, 0.717) is 6.04 Å². The van der Waals surface area contributed by atoms with Gasteiger partial charge in [0.2, 0.25) is 0 Å². The lowest BCUT2D eigenvalue weighted by Crippen LogP contribution is -2.31. The highest BCUT2D eigenvalue weighted by atomic mass is 15.4. The van der Waals surface area contributed by atoms with Crippen LogP contribution in [0.5, 0.6) is 0 Å². The van der Waals surface area contributed by atoms with Gasteiger partial charge in [0.25, 0.3) is 0 Å². The van der Waals surface area contributed by atoms with Gasteiger partial charge < -0.3 is 5.73 Å². The minimum absolute atomic E-state index is 0.324. The molecule has 1 rings (SSSR count). The van der Waals surface area contributed by atoms with E-state index in [2.05, 4.69) is 0 Å². The van der Waals surface area contributed by atoms with E-state index in [1.807, 2.05) is 0 Å². The SMILES string of the molecule is N[C@@H]1CCN(N)C1. The van der Waals surface area contributed by atoms with E-state index >= 15 is 0 Å². The molecule has 1 heterocycles. The third-order valence-corrected chi connectivity index (χ3v) is 1.26. The first-order valence-corrected chi connectivity index (χ1v) is 2.54. The molecule has 0 spiro atoms. The third-order valence-electron chi connectivity index (χ3n) is 1.26. The summed E-state index contributed by atoms with van der Waals surface area (Å²) in [6.45, 7) is 1.82. The summed E-state index contributed by atoms with van der Waals surface area (Å²) in [5.41, 5.74) is 5.50. The lowest BCUT2D eigenvalue weighted by atomic mass is 10.3. The van der Waals surface area contributed by atoms with Gasteiger partial charge in [-0.25, -0.2) is 5.01 Å². The molecule has 0 aromatic heterocycles. The maximum atomic E-state index is 5.50. The Kier molecular flexibility index (Phi) is 1.27. The van der Waals surface area contributed by atoms with Gasteiger partial charge in [-0.3, -0.25) is 5.84 Å². The van der Waals surface area contributed by atoms with Crippen molar-refractivity contribution in [3.63, 3.8) is 0 Å². The number of nitrogens with zero attached hydrogens (tertiary/aromatic N) is 1. The molecule has 0 aliphatic carbocycles. The van der Waals surface area contributed by atoms with Gasteiger partial charge in [0.15, 0.2) is 0 Å². The average molecular weight is 101 g/mol. The molecule has 0 aromatic rings. The molecule has 0 aromatic carbocycles. The Balaban J connectivity index is 2.26. The highest BCUT2D eigenvalue weighted by Crippen LogP contribution is 1.99. The van der Waals surface area contributed by atoms with Gasteiger partial charge in [-0.05, 0) is 6.42 Å². The zero-order chi connectivity index (χ0) is 5.28. The van der Waals surface area contributed by atoms with Crippen molar-refractivity contribution >= 4 is 0 Å². The Hall–Kier alpha value is -0.120. The molecule has 3 nitrogen and oxygen atoms in total. The van der Waals surface area contributed by atoms with E-state index in [4.69, 9.17) is 11.6 Å². The van der Waals surface area contributed by atoms with E-state index in [1.165, 1.54) is 0 Å². The Morgan fingerprint density at radius 2 is 2.29 bits per heavy atom. The van der Waals surface area contributed by atoms with Crippen molar-refractivity contribution in [2.45, 2.75) is 12.5 Å². The number of nitrogens with two attached hydrogens (primary N) is 2. The van der Waals surface area contributed by atoms with Gasteiger partial charge in [-0.15, -0.1) is 0 Å². The number of hydrogen-bond donors (Lipinski definition) is 2. The van der Waals surface area contributed by atoms with Crippen LogP contribution in [0.3, 0.4) is 0 Å². The van der Waals surface area contributed by atoms with Crippen LogP contribution in [-0.2, 0) is 0 Å². The predicted octanol–water partition coefficient (Wildman–Crippen LogP) is -1.11. The van der Waals surface area contributed by atoms with Gasteiger partial charge in [0, 0.05) is 19.1 Å². The van der Waals surface area contributed by atoms with E-state index in [0.717, 1.165) is 19.5 Å². The average Bonchev–Trinajstić information content (AvgIpc) is 1.87. The van der Waals surface area contributed by atoms with Crippen molar-refractivity contribution in [1.82, 2.24) is 5.01 Å². The number of hydrogen-bond acceptors (Lipinski definition) is 3. The number of rotatable bonds is 0. The lowest BCUT2D eigenvalue weighted by molar-refractivity contribution is 0.350. The Labute approximate surface area is 43.2 Å². The summed E-state index contributed by atoms with van der Waals surface area (Å²) >= 11 is 0. The van der Waals surface area contributed by atoms with Crippen LogP contribution in [0, 0.1) is 0 Å². The smallest absolute Gasteiger partial charge is 0.0281 e. The second kappa shape index (κ2) is 1.78. The number of hydrazine groups is 1. The summed E-state index contributed by atoms with van der Waals surface area (Å²) in [6.07, 6.45) is 1.05. The second-order valence-corrected chi connectivity index (χ2v) is 2.04. The van der Waals surface area contributed by atoms with Crippen LogP contribution in [0.4, 0.5) is 0 Å². The molecule has 0 amide bonds. The molecule has 4 N–H and O–H groups in total. The molecule has 1 aliphatic heterocycles. The normalized spacial score (nSPS) is 34.3. The van der Waals surface area contributed by atoms with Gasteiger partial charge in [0.1, 0.15) is 0 Å². The molecule has 0 bridgehead atoms. The van der Waals surface area contributed by atoms with E-state index in [-0.39, 0.29) is 0 Å². The molecule has 0 saturated carbocycles. The van der Waals surface area contributed by atoms with Gasteiger partial charge in [-0.1, -0.05) is 0 Å². The summed E-state index contributed by atoms with van der Waals surface area (Å²) in [4.78, 5) is 0. The molecule has 1 saturated heterocycles. The first kappa shape index (κ1) is 5.03. The first-order chi connectivity index (χ1) is 3.29. The largest absolute Gasteiger partial charge is 0.326 e.